The zero-order valence-corrected chi connectivity index (χ0v) is 11.4. The van der Waals surface area contributed by atoms with Crippen molar-refractivity contribution < 1.29 is 9.50 Å². The SMILES string of the molecule is OC(CF)c1ccccc1-n1ccc(-c2ccccc2)n1. The molecule has 0 amide bonds. The number of halogens is 1. The number of benzene rings is 2. The maximum absolute atomic E-state index is 12.8. The summed E-state index contributed by atoms with van der Waals surface area (Å²) in [5.74, 6) is 0. The van der Waals surface area contributed by atoms with Crippen molar-refractivity contribution >= 4 is 0 Å². The number of para-hydroxylation sites is 1. The number of alkyl halides is 1. The van der Waals surface area contributed by atoms with E-state index in [-0.39, 0.29) is 0 Å². The summed E-state index contributed by atoms with van der Waals surface area (Å²) >= 11 is 0. The second-order valence-corrected chi connectivity index (χ2v) is 4.74. The van der Waals surface area contributed by atoms with Crippen LogP contribution in [-0.2, 0) is 0 Å². The number of aliphatic hydroxyl groups is 1. The van der Waals surface area contributed by atoms with E-state index in [0.717, 1.165) is 11.3 Å². The summed E-state index contributed by atoms with van der Waals surface area (Å²) in [5.41, 5.74) is 3.06. The maximum Gasteiger partial charge on any atom is 0.120 e. The lowest BCUT2D eigenvalue weighted by molar-refractivity contribution is 0.141. The second kappa shape index (κ2) is 5.89. The molecule has 1 heterocycles. The van der Waals surface area contributed by atoms with Crippen molar-refractivity contribution in [1.82, 2.24) is 9.78 Å². The Labute approximate surface area is 122 Å². The van der Waals surface area contributed by atoms with Gasteiger partial charge in [-0.3, -0.25) is 0 Å². The molecule has 0 bridgehead atoms. The maximum atomic E-state index is 12.8. The van der Waals surface area contributed by atoms with Gasteiger partial charge >= 0.3 is 0 Å². The van der Waals surface area contributed by atoms with Crippen molar-refractivity contribution in [2.45, 2.75) is 6.10 Å². The zero-order chi connectivity index (χ0) is 14.7. The summed E-state index contributed by atoms with van der Waals surface area (Å²) in [6.45, 7) is -0.816. The first-order valence-electron chi connectivity index (χ1n) is 6.74. The molecule has 106 valence electrons. The molecule has 0 radical (unpaired) electrons. The minimum Gasteiger partial charge on any atom is -0.386 e. The number of nitrogens with zero attached hydrogens (tertiary/aromatic N) is 2. The number of aromatic nitrogens is 2. The molecule has 3 nitrogen and oxygen atoms in total. The molecule has 0 spiro atoms. The van der Waals surface area contributed by atoms with Gasteiger partial charge in [0.1, 0.15) is 12.8 Å². The number of rotatable bonds is 4. The van der Waals surface area contributed by atoms with Crippen molar-refractivity contribution in [2.75, 3.05) is 6.67 Å². The number of hydrogen-bond acceptors (Lipinski definition) is 2. The van der Waals surface area contributed by atoms with Crippen LogP contribution in [0.3, 0.4) is 0 Å². The molecule has 0 saturated heterocycles. The number of hydrogen-bond donors (Lipinski definition) is 1. The average molecular weight is 282 g/mol. The second-order valence-electron chi connectivity index (χ2n) is 4.74. The first kappa shape index (κ1) is 13.5. The highest BCUT2D eigenvalue weighted by Gasteiger charge is 2.14. The van der Waals surface area contributed by atoms with E-state index >= 15 is 0 Å². The molecule has 0 aliphatic rings. The van der Waals surface area contributed by atoms with Crippen molar-refractivity contribution in [3.05, 3.63) is 72.4 Å². The largest absolute Gasteiger partial charge is 0.386 e. The molecule has 3 rings (SSSR count). The molecule has 0 saturated carbocycles. The van der Waals surface area contributed by atoms with E-state index in [4.69, 9.17) is 0 Å². The van der Waals surface area contributed by atoms with Crippen molar-refractivity contribution in [2.24, 2.45) is 0 Å². The fraction of sp³-hybridized carbons (Fsp3) is 0.118. The molecule has 3 aromatic rings. The van der Waals surface area contributed by atoms with Crippen molar-refractivity contribution in [3.8, 4) is 16.9 Å². The summed E-state index contributed by atoms with van der Waals surface area (Å²) in [4.78, 5) is 0. The van der Waals surface area contributed by atoms with Crippen LogP contribution in [0.5, 0.6) is 0 Å². The van der Waals surface area contributed by atoms with Gasteiger partial charge in [0, 0.05) is 17.3 Å². The zero-order valence-electron chi connectivity index (χ0n) is 11.4. The normalized spacial score (nSPS) is 12.3. The Morgan fingerprint density at radius 1 is 1.00 bits per heavy atom. The van der Waals surface area contributed by atoms with E-state index in [1.165, 1.54) is 0 Å². The smallest absolute Gasteiger partial charge is 0.120 e. The van der Waals surface area contributed by atoms with Gasteiger partial charge in [-0.05, 0) is 12.1 Å². The molecular formula is C17H15FN2O. The Hall–Kier alpha value is -2.46. The molecule has 2 aromatic carbocycles. The quantitative estimate of drug-likeness (QED) is 0.794. The lowest BCUT2D eigenvalue weighted by atomic mass is 10.1. The minimum atomic E-state index is -1.13. The first-order valence-corrected chi connectivity index (χ1v) is 6.74. The highest BCUT2D eigenvalue weighted by atomic mass is 19.1. The van der Waals surface area contributed by atoms with E-state index in [2.05, 4.69) is 5.10 Å². The van der Waals surface area contributed by atoms with Crippen LogP contribution < -0.4 is 0 Å². The number of aliphatic hydroxyl groups excluding tert-OH is 1. The molecule has 1 atom stereocenters. The van der Waals surface area contributed by atoms with Gasteiger partial charge < -0.3 is 5.11 Å². The predicted octanol–water partition coefficient (Wildman–Crippen LogP) is 3.54. The molecule has 1 aromatic heterocycles. The average Bonchev–Trinajstić information content (AvgIpc) is 3.05. The van der Waals surface area contributed by atoms with Gasteiger partial charge in [0.25, 0.3) is 0 Å². The molecule has 21 heavy (non-hydrogen) atoms. The minimum absolute atomic E-state index is 0.530. The third-order valence-electron chi connectivity index (χ3n) is 3.35. The Kier molecular flexibility index (Phi) is 3.79. The summed E-state index contributed by atoms with van der Waals surface area (Å²) in [7, 11) is 0. The fourth-order valence-corrected chi connectivity index (χ4v) is 2.28. The van der Waals surface area contributed by atoms with E-state index in [1.807, 2.05) is 54.7 Å². The summed E-state index contributed by atoms with van der Waals surface area (Å²) < 4.78 is 14.4. The van der Waals surface area contributed by atoms with E-state index in [1.54, 1.807) is 16.8 Å². The monoisotopic (exact) mass is 282 g/mol. The molecule has 0 aliphatic carbocycles. The van der Waals surface area contributed by atoms with Crippen molar-refractivity contribution in [1.29, 1.82) is 0 Å². The Balaban J connectivity index is 2.01. The van der Waals surface area contributed by atoms with Gasteiger partial charge in [-0.1, -0.05) is 48.5 Å². The van der Waals surface area contributed by atoms with Crippen LogP contribution in [0.4, 0.5) is 4.39 Å². The Morgan fingerprint density at radius 3 is 2.48 bits per heavy atom. The predicted molar refractivity (Wildman–Crippen MR) is 79.9 cm³/mol. The van der Waals surface area contributed by atoms with Crippen LogP contribution in [0.1, 0.15) is 11.7 Å². The van der Waals surface area contributed by atoms with Gasteiger partial charge in [-0.2, -0.15) is 5.10 Å². The fourth-order valence-electron chi connectivity index (χ4n) is 2.28. The molecule has 0 fully saturated rings. The first-order chi connectivity index (χ1) is 10.3. The molecule has 4 heteroatoms. The van der Waals surface area contributed by atoms with Crippen LogP contribution in [-0.4, -0.2) is 21.6 Å². The van der Waals surface area contributed by atoms with Gasteiger partial charge in [0.2, 0.25) is 0 Å². The van der Waals surface area contributed by atoms with E-state index < -0.39 is 12.8 Å². The molecular weight excluding hydrogens is 267 g/mol. The third kappa shape index (κ3) is 2.71. The summed E-state index contributed by atoms with van der Waals surface area (Å²) in [6, 6.07) is 18.9. The van der Waals surface area contributed by atoms with Gasteiger partial charge in [0.15, 0.2) is 0 Å². The van der Waals surface area contributed by atoms with Gasteiger partial charge in [-0.15, -0.1) is 0 Å². The van der Waals surface area contributed by atoms with Crippen LogP contribution in [0.25, 0.3) is 16.9 Å². The topological polar surface area (TPSA) is 38.0 Å². The standard InChI is InChI=1S/C17H15FN2O/c18-12-17(21)14-8-4-5-9-16(14)20-11-10-15(19-20)13-6-2-1-3-7-13/h1-11,17,21H,12H2. The molecule has 0 aliphatic heterocycles. The molecule has 1 N–H and O–H groups in total. The highest BCUT2D eigenvalue weighted by molar-refractivity contribution is 5.59. The van der Waals surface area contributed by atoms with Gasteiger partial charge in [0.05, 0.1) is 11.4 Å². The van der Waals surface area contributed by atoms with Crippen molar-refractivity contribution in [3.63, 3.8) is 0 Å². The lowest BCUT2D eigenvalue weighted by Crippen LogP contribution is -2.06. The van der Waals surface area contributed by atoms with Crippen LogP contribution >= 0.6 is 0 Å². The Morgan fingerprint density at radius 2 is 1.71 bits per heavy atom. The Bertz CT molecular complexity index is 724. The summed E-state index contributed by atoms with van der Waals surface area (Å²) in [5, 5.41) is 14.3. The summed E-state index contributed by atoms with van der Waals surface area (Å²) in [6.07, 6.45) is 0.678. The third-order valence-corrected chi connectivity index (χ3v) is 3.35. The van der Waals surface area contributed by atoms with Crippen LogP contribution in [0, 0.1) is 0 Å². The van der Waals surface area contributed by atoms with Crippen LogP contribution in [0.2, 0.25) is 0 Å². The van der Waals surface area contributed by atoms with E-state index in [0.29, 0.717) is 11.3 Å². The van der Waals surface area contributed by atoms with E-state index in [9.17, 15) is 9.50 Å². The lowest BCUT2D eigenvalue weighted by Gasteiger charge is -2.12. The highest BCUT2D eigenvalue weighted by Crippen LogP contribution is 2.24. The van der Waals surface area contributed by atoms with Crippen LogP contribution in [0.15, 0.2) is 66.9 Å². The van der Waals surface area contributed by atoms with Gasteiger partial charge in [-0.25, -0.2) is 9.07 Å². The molecule has 1 unspecified atom stereocenters.